The first-order valence-electron chi connectivity index (χ1n) is 7.92. The van der Waals surface area contributed by atoms with Gasteiger partial charge in [0.2, 0.25) is 0 Å². The van der Waals surface area contributed by atoms with Crippen LogP contribution in [0.1, 0.15) is 61.6 Å². The molecule has 2 N–H and O–H groups in total. The highest BCUT2D eigenvalue weighted by atomic mass is 14.6. The Balaban J connectivity index is 2.24. The summed E-state index contributed by atoms with van der Waals surface area (Å²) >= 11 is 0. The van der Waals surface area contributed by atoms with E-state index in [4.69, 9.17) is 5.73 Å². The Hall–Kier alpha value is -0.820. The van der Waals surface area contributed by atoms with Gasteiger partial charge in [0.05, 0.1) is 0 Å². The second kappa shape index (κ2) is 6.56. The highest BCUT2D eigenvalue weighted by Crippen LogP contribution is 2.42. The first-order chi connectivity index (χ1) is 9.15. The smallest absolute Gasteiger partial charge is 0.00430 e. The molecule has 0 aromatic heterocycles. The minimum Gasteiger partial charge on any atom is -0.330 e. The van der Waals surface area contributed by atoms with Crippen molar-refractivity contribution in [2.75, 3.05) is 6.54 Å². The molecule has 0 radical (unpaired) electrons. The van der Waals surface area contributed by atoms with Gasteiger partial charge in [-0.25, -0.2) is 0 Å². The maximum atomic E-state index is 6.04. The lowest BCUT2D eigenvalue weighted by Gasteiger charge is -2.37. The van der Waals surface area contributed by atoms with Crippen molar-refractivity contribution in [2.24, 2.45) is 17.6 Å². The summed E-state index contributed by atoms with van der Waals surface area (Å²) in [6, 6.07) is 6.90. The molecule has 1 aliphatic carbocycles. The van der Waals surface area contributed by atoms with Gasteiger partial charge in [-0.15, -0.1) is 0 Å². The van der Waals surface area contributed by atoms with Gasteiger partial charge in [-0.05, 0) is 62.1 Å². The molecule has 1 heteroatoms. The van der Waals surface area contributed by atoms with Crippen LogP contribution in [0.2, 0.25) is 0 Å². The average Bonchev–Trinajstić information content (AvgIpc) is 2.42. The molecule has 1 aromatic carbocycles. The van der Waals surface area contributed by atoms with Crippen molar-refractivity contribution in [1.82, 2.24) is 0 Å². The fourth-order valence-corrected chi connectivity index (χ4v) is 3.81. The molecule has 106 valence electrons. The Kier molecular flexibility index (Phi) is 5.04. The number of hydrogen-bond donors (Lipinski definition) is 1. The molecule has 0 amide bonds. The van der Waals surface area contributed by atoms with E-state index in [2.05, 4.69) is 39.0 Å². The fourth-order valence-electron chi connectivity index (χ4n) is 3.81. The molecule has 0 heterocycles. The van der Waals surface area contributed by atoms with Crippen LogP contribution < -0.4 is 5.73 Å². The summed E-state index contributed by atoms with van der Waals surface area (Å²) in [6.07, 6.45) is 6.76. The van der Waals surface area contributed by atoms with Gasteiger partial charge in [0.1, 0.15) is 0 Å². The number of rotatable bonds is 4. The van der Waals surface area contributed by atoms with Gasteiger partial charge in [-0.1, -0.05) is 49.9 Å². The van der Waals surface area contributed by atoms with Gasteiger partial charge in [0.15, 0.2) is 0 Å². The van der Waals surface area contributed by atoms with Crippen LogP contribution >= 0.6 is 0 Å². The standard InChI is InChI=1S/C18H29N/c1-4-5-15-8-9-16(12-19)18(11-15)17-10-13(2)6-7-14(17)3/h6-7,10,15-16,18H,4-5,8-9,11-12,19H2,1-3H3. The minimum atomic E-state index is 0.689. The Morgan fingerprint density at radius 2 is 2.00 bits per heavy atom. The van der Waals surface area contributed by atoms with Crippen LogP contribution in [0.4, 0.5) is 0 Å². The number of nitrogens with two attached hydrogens (primary N) is 1. The van der Waals surface area contributed by atoms with E-state index < -0.39 is 0 Å². The lowest BCUT2D eigenvalue weighted by molar-refractivity contribution is 0.229. The third-order valence-corrected chi connectivity index (χ3v) is 4.94. The first-order valence-corrected chi connectivity index (χ1v) is 7.92. The van der Waals surface area contributed by atoms with E-state index in [0.717, 1.165) is 12.5 Å². The van der Waals surface area contributed by atoms with E-state index in [1.54, 1.807) is 5.56 Å². The molecule has 19 heavy (non-hydrogen) atoms. The number of benzene rings is 1. The third-order valence-electron chi connectivity index (χ3n) is 4.94. The quantitative estimate of drug-likeness (QED) is 0.842. The fraction of sp³-hybridized carbons (Fsp3) is 0.667. The van der Waals surface area contributed by atoms with Crippen LogP contribution in [-0.2, 0) is 0 Å². The molecule has 3 unspecified atom stereocenters. The molecule has 1 aromatic rings. The van der Waals surface area contributed by atoms with Crippen molar-refractivity contribution in [3.05, 3.63) is 34.9 Å². The van der Waals surface area contributed by atoms with E-state index >= 15 is 0 Å². The molecule has 0 spiro atoms. The lowest BCUT2D eigenvalue weighted by Crippen LogP contribution is -2.29. The van der Waals surface area contributed by atoms with Crippen molar-refractivity contribution in [3.8, 4) is 0 Å². The molecule has 0 aliphatic heterocycles. The minimum absolute atomic E-state index is 0.689. The van der Waals surface area contributed by atoms with Gasteiger partial charge in [-0.3, -0.25) is 0 Å². The first kappa shape index (κ1) is 14.6. The van der Waals surface area contributed by atoms with Crippen molar-refractivity contribution in [1.29, 1.82) is 0 Å². The summed E-state index contributed by atoms with van der Waals surface area (Å²) in [5, 5.41) is 0. The van der Waals surface area contributed by atoms with Gasteiger partial charge in [-0.2, -0.15) is 0 Å². The Morgan fingerprint density at radius 1 is 1.21 bits per heavy atom. The normalized spacial score (nSPS) is 27.5. The Morgan fingerprint density at radius 3 is 2.68 bits per heavy atom. The second-order valence-corrected chi connectivity index (χ2v) is 6.43. The van der Waals surface area contributed by atoms with Crippen molar-refractivity contribution >= 4 is 0 Å². The Labute approximate surface area is 118 Å². The molecule has 1 aliphatic rings. The largest absolute Gasteiger partial charge is 0.330 e. The summed E-state index contributed by atoms with van der Waals surface area (Å²) in [7, 11) is 0. The third kappa shape index (κ3) is 3.39. The topological polar surface area (TPSA) is 26.0 Å². The average molecular weight is 259 g/mol. The summed E-state index contributed by atoms with van der Waals surface area (Å²) in [5.74, 6) is 2.29. The highest BCUT2D eigenvalue weighted by molar-refractivity contribution is 5.34. The maximum absolute atomic E-state index is 6.04. The molecular weight excluding hydrogens is 230 g/mol. The molecule has 0 saturated heterocycles. The van der Waals surface area contributed by atoms with Gasteiger partial charge >= 0.3 is 0 Å². The molecular formula is C18H29N. The molecule has 1 fully saturated rings. The molecule has 3 atom stereocenters. The van der Waals surface area contributed by atoms with Gasteiger partial charge < -0.3 is 5.73 Å². The lowest BCUT2D eigenvalue weighted by atomic mass is 9.69. The predicted molar refractivity (Wildman–Crippen MR) is 83.5 cm³/mol. The zero-order chi connectivity index (χ0) is 13.8. The zero-order valence-corrected chi connectivity index (χ0v) is 12.8. The maximum Gasteiger partial charge on any atom is -0.00430 e. The molecule has 1 saturated carbocycles. The second-order valence-electron chi connectivity index (χ2n) is 6.43. The van der Waals surface area contributed by atoms with Crippen molar-refractivity contribution < 1.29 is 0 Å². The van der Waals surface area contributed by atoms with Crippen molar-refractivity contribution in [3.63, 3.8) is 0 Å². The summed E-state index contributed by atoms with van der Waals surface area (Å²) in [6.45, 7) is 7.61. The molecule has 1 nitrogen and oxygen atoms in total. The SMILES string of the molecule is CCCC1CCC(CN)C(c2cc(C)ccc2C)C1. The van der Waals surface area contributed by atoms with Crippen LogP contribution in [-0.4, -0.2) is 6.54 Å². The van der Waals surface area contributed by atoms with E-state index in [1.165, 1.54) is 43.2 Å². The van der Waals surface area contributed by atoms with Crippen LogP contribution in [0.5, 0.6) is 0 Å². The number of hydrogen-bond acceptors (Lipinski definition) is 1. The summed E-state index contributed by atoms with van der Waals surface area (Å²) in [4.78, 5) is 0. The summed E-state index contributed by atoms with van der Waals surface area (Å²) < 4.78 is 0. The zero-order valence-electron chi connectivity index (χ0n) is 12.8. The van der Waals surface area contributed by atoms with E-state index in [9.17, 15) is 0 Å². The predicted octanol–water partition coefficient (Wildman–Crippen LogP) is 4.56. The van der Waals surface area contributed by atoms with E-state index in [1.807, 2.05) is 0 Å². The van der Waals surface area contributed by atoms with Crippen LogP contribution in [0.25, 0.3) is 0 Å². The molecule has 2 rings (SSSR count). The Bertz CT molecular complexity index is 410. The van der Waals surface area contributed by atoms with E-state index in [0.29, 0.717) is 11.8 Å². The van der Waals surface area contributed by atoms with Gasteiger partial charge in [0, 0.05) is 0 Å². The van der Waals surface area contributed by atoms with Crippen LogP contribution in [0.15, 0.2) is 18.2 Å². The highest BCUT2D eigenvalue weighted by Gasteiger charge is 2.31. The number of aryl methyl sites for hydroxylation is 2. The monoisotopic (exact) mass is 259 g/mol. The van der Waals surface area contributed by atoms with Crippen LogP contribution in [0.3, 0.4) is 0 Å². The summed E-state index contributed by atoms with van der Waals surface area (Å²) in [5.41, 5.74) is 10.4. The van der Waals surface area contributed by atoms with Gasteiger partial charge in [0.25, 0.3) is 0 Å². The van der Waals surface area contributed by atoms with E-state index in [-0.39, 0.29) is 0 Å². The molecule has 0 bridgehead atoms. The van der Waals surface area contributed by atoms with Crippen molar-refractivity contribution in [2.45, 2.75) is 58.8 Å². The van der Waals surface area contributed by atoms with Crippen LogP contribution in [0, 0.1) is 25.7 Å².